The van der Waals surface area contributed by atoms with Gasteiger partial charge in [0.1, 0.15) is 17.4 Å². The van der Waals surface area contributed by atoms with Gasteiger partial charge in [-0.1, -0.05) is 54.6 Å². The second-order valence-electron chi connectivity index (χ2n) is 11.1. The number of hydrogen-bond acceptors (Lipinski definition) is 8. The number of thiazole rings is 1. The molecule has 2 aliphatic carbocycles. The molecule has 1 unspecified atom stereocenters. The second kappa shape index (κ2) is 12.4. The molecule has 2 aliphatic rings. The minimum atomic E-state index is -3.93. The molecular formula is C32H30FN3O6S2. The van der Waals surface area contributed by atoms with Gasteiger partial charge in [0.2, 0.25) is 11.8 Å². The zero-order valence-electron chi connectivity index (χ0n) is 23.6. The summed E-state index contributed by atoms with van der Waals surface area (Å²) in [5.41, 5.74) is 2.51. The summed E-state index contributed by atoms with van der Waals surface area (Å²) < 4.78 is 48.0. The van der Waals surface area contributed by atoms with Crippen LogP contribution in [0.15, 0.2) is 66.7 Å². The van der Waals surface area contributed by atoms with Gasteiger partial charge in [-0.05, 0) is 48.4 Å². The van der Waals surface area contributed by atoms with E-state index in [4.69, 9.17) is 4.74 Å². The minimum absolute atomic E-state index is 0.00371. The monoisotopic (exact) mass is 635 g/mol. The smallest absolute Gasteiger partial charge is 0.310 e. The van der Waals surface area contributed by atoms with Gasteiger partial charge in [-0.3, -0.25) is 14.4 Å². The summed E-state index contributed by atoms with van der Waals surface area (Å²) in [5, 5.41) is 2.99. The quantitative estimate of drug-likeness (QED) is 0.221. The molecule has 2 amide bonds. The number of ether oxygens (including phenoxy) is 1. The zero-order chi connectivity index (χ0) is 30.8. The molecule has 1 aromatic heterocycles. The number of esters is 1. The Balaban J connectivity index is 1.22. The molecule has 0 aliphatic heterocycles. The van der Waals surface area contributed by atoms with Gasteiger partial charge >= 0.3 is 5.97 Å². The van der Waals surface area contributed by atoms with E-state index in [0.717, 1.165) is 29.7 Å². The average molecular weight is 636 g/mol. The Morgan fingerprint density at radius 1 is 0.977 bits per heavy atom. The molecule has 1 atom stereocenters. The Kier molecular flexibility index (Phi) is 8.46. The van der Waals surface area contributed by atoms with E-state index < -0.39 is 38.0 Å². The van der Waals surface area contributed by atoms with E-state index in [-0.39, 0.29) is 47.6 Å². The zero-order valence-corrected chi connectivity index (χ0v) is 25.3. The van der Waals surface area contributed by atoms with Crippen molar-refractivity contribution >= 4 is 49.2 Å². The van der Waals surface area contributed by atoms with Gasteiger partial charge in [0.15, 0.2) is 15.1 Å². The van der Waals surface area contributed by atoms with Crippen LogP contribution < -0.4 is 10.6 Å². The van der Waals surface area contributed by atoms with Crippen LogP contribution in [0.25, 0.3) is 21.3 Å². The van der Waals surface area contributed by atoms with E-state index >= 15 is 4.39 Å². The predicted molar refractivity (Wildman–Crippen MR) is 164 cm³/mol. The SMILES string of the molecule is O=C(CNC(=O)C(c1nc2cc(F)c(-c3cccc(CC(=O)OCc4ccccc4)c3)cc2s1)S(=O)(=O)C1CC1)NC1CC1. The summed E-state index contributed by atoms with van der Waals surface area (Å²) in [7, 11) is -3.93. The van der Waals surface area contributed by atoms with Gasteiger partial charge in [-0.2, -0.15) is 0 Å². The van der Waals surface area contributed by atoms with Crippen LogP contribution in [0.4, 0.5) is 4.39 Å². The summed E-state index contributed by atoms with van der Waals surface area (Å²) in [4.78, 5) is 42.1. The lowest BCUT2D eigenvalue weighted by Gasteiger charge is -2.15. The largest absolute Gasteiger partial charge is 0.461 e. The molecule has 6 rings (SSSR count). The fraction of sp³-hybridized carbons (Fsp3) is 0.312. The molecule has 0 radical (unpaired) electrons. The van der Waals surface area contributed by atoms with E-state index in [1.807, 2.05) is 30.3 Å². The number of nitrogens with one attached hydrogen (secondary N) is 2. The van der Waals surface area contributed by atoms with Crippen LogP contribution in [0.5, 0.6) is 0 Å². The highest BCUT2D eigenvalue weighted by atomic mass is 32.2. The number of benzene rings is 3. The molecule has 2 fully saturated rings. The number of rotatable bonds is 12. The first-order valence-electron chi connectivity index (χ1n) is 14.4. The highest BCUT2D eigenvalue weighted by molar-refractivity contribution is 7.93. The van der Waals surface area contributed by atoms with Gasteiger partial charge in [0.25, 0.3) is 0 Å². The van der Waals surface area contributed by atoms with Gasteiger partial charge in [0, 0.05) is 17.7 Å². The van der Waals surface area contributed by atoms with Crippen LogP contribution in [0, 0.1) is 5.82 Å². The lowest BCUT2D eigenvalue weighted by Crippen LogP contribution is -2.41. The normalized spacial score (nSPS) is 15.5. The van der Waals surface area contributed by atoms with E-state index in [1.165, 1.54) is 6.07 Å². The third-order valence-corrected chi connectivity index (χ3v) is 11.2. The number of carbonyl (C=O) groups excluding carboxylic acids is 3. The molecule has 0 saturated heterocycles. The molecule has 4 aromatic rings. The fourth-order valence-corrected chi connectivity index (χ4v) is 8.27. The highest BCUT2D eigenvalue weighted by Crippen LogP contribution is 2.41. The number of hydrogen-bond donors (Lipinski definition) is 2. The molecule has 3 aromatic carbocycles. The van der Waals surface area contributed by atoms with Crippen LogP contribution in [0.2, 0.25) is 0 Å². The molecule has 0 bridgehead atoms. The van der Waals surface area contributed by atoms with Crippen LogP contribution in [0.1, 0.15) is 47.1 Å². The predicted octanol–water partition coefficient (Wildman–Crippen LogP) is 4.40. The second-order valence-corrected chi connectivity index (χ2v) is 14.5. The topological polar surface area (TPSA) is 132 Å². The maximum atomic E-state index is 15.4. The number of fused-ring (bicyclic) bond motifs is 1. The van der Waals surface area contributed by atoms with E-state index in [2.05, 4.69) is 15.6 Å². The number of aromatic nitrogens is 1. The van der Waals surface area contributed by atoms with Crippen molar-refractivity contribution < 1.29 is 31.9 Å². The number of sulfone groups is 1. The summed E-state index contributed by atoms with van der Waals surface area (Å²) >= 11 is 1.01. The molecule has 9 nitrogen and oxygen atoms in total. The van der Waals surface area contributed by atoms with Gasteiger partial charge in [-0.25, -0.2) is 17.8 Å². The minimum Gasteiger partial charge on any atom is -0.461 e. The first-order valence-corrected chi connectivity index (χ1v) is 16.8. The maximum Gasteiger partial charge on any atom is 0.310 e. The summed E-state index contributed by atoms with van der Waals surface area (Å²) in [6.45, 7) is -0.187. The van der Waals surface area contributed by atoms with Gasteiger partial charge in [0.05, 0.1) is 28.4 Å². The molecule has 2 saturated carbocycles. The molecule has 44 heavy (non-hydrogen) atoms. The molecule has 12 heteroatoms. The molecule has 1 heterocycles. The van der Waals surface area contributed by atoms with E-state index in [0.29, 0.717) is 28.7 Å². The Bertz CT molecular complexity index is 1840. The Hall–Kier alpha value is -4.16. The standard InChI is InChI=1S/C32H30FN3O6S2/c33-25-16-26-27(15-24(25)21-8-4-7-20(13-21)14-29(38)42-18-19-5-2-1-3-6-19)43-32(36-26)30(44(40,41)23-11-12-23)31(39)34-17-28(37)35-22-9-10-22/h1-8,13,15-16,22-23,30H,9-12,14,17-18H2,(H,34,39)(H,35,37). The van der Waals surface area contributed by atoms with Crippen molar-refractivity contribution in [1.82, 2.24) is 15.6 Å². The van der Waals surface area contributed by atoms with Crippen LogP contribution in [-0.4, -0.2) is 49.0 Å². The summed E-state index contributed by atoms with van der Waals surface area (Å²) in [6, 6.07) is 19.1. The van der Waals surface area contributed by atoms with Crippen molar-refractivity contribution in [3.8, 4) is 11.1 Å². The van der Waals surface area contributed by atoms with Crippen molar-refractivity contribution in [3.63, 3.8) is 0 Å². The van der Waals surface area contributed by atoms with Crippen molar-refractivity contribution in [3.05, 3.63) is 88.7 Å². The van der Waals surface area contributed by atoms with Crippen molar-refractivity contribution in [1.29, 1.82) is 0 Å². The molecule has 2 N–H and O–H groups in total. The van der Waals surface area contributed by atoms with Crippen molar-refractivity contribution in [2.75, 3.05) is 6.54 Å². The number of halogens is 1. The lowest BCUT2D eigenvalue weighted by atomic mass is 10.0. The third-order valence-electron chi connectivity index (χ3n) is 7.47. The Morgan fingerprint density at radius 2 is 1.73 bits per heavy atom. The number of carbonyl (C=O) groups is 3. The number of nitrogens with zero attached hydrogens (tertiary/aromatic N) is 1. The van der Waals surface area contributed by atoms with Crippen LogP contribution in [-0.2, 0) is 42.0 Å². The lowest BCUT2D eigenvalue weighted by molar-refractivity contribution is -0.144. The third kappa shape index (κ3) is 6.97. The highest BCUT2D eigenvalue weighted by Gasteiger charge is 2.47. The van der Waals surface area contributed by atoms with Crippen molar-refractivity contribution in [2.45, 2.75) is 55.3 Å². The van der Waals surface area contributed by atoms with Crippen molar-refractivity contribution in [2.24, 2.45) is 0 Å². The molecular weight excluding hydrogens is 605 g/mol. The Morgan fingerprint density at radius 3 is 2.45 bits per heavy atom. The first kappa shape index (κ1) is 29.9. The Labute approximate surface area is 257 Å². The maximum absolute atomic E-state index is 15.4. The van der Waals surface area contributed by atoms with Gasteiger partial charge in [-0.15, -0.1) is 11.3 Å². The molecule has 228 valence electrons. The number of amides is 2. The van der Waals surface area contributed by atoms with Gasteiger partial charge < -0.3 is 15.4 Å². The van der Waals surface area contributed by atoms with Crippen LogP contribution in [0.3, 0.4) is 0 Å². The summed E-state index contributed by atoms with van der Waals surface area (Å²) in [5.74, 6) is -2.21. The summed E-state index contributed by atoms with van der Waals surface area (Å²) in [6.07, 6.45) is 2.67. The van der Waals surface area contributed by atoms with E-state index in [9.17, 15) is 22.8 Å². The van der Waals surface area contributed by atoms with E-state index in [1.54, 1.807) is 30.3 Å². The van der Waals surface area contributed by atoms with Crippen LogP contribution >= 0.6 is 11.3 Å². The first-order chi connectivity index (χ1) is 21.2. The average Bonchev–Trinajstić information content (AvgIpc) is 3.94. The fourth-order valence-electron chi connectivity index (χ4n) is 4.86. The molecule has 0 spiro atoms.